The first kappa shape index (κ1) is 20.2. The third-order valence-corrected chi connectivity index (χ3v) is 4.54. The van der Waals surface area contributed by atoms with Crippen LogP contribution in [0.3, 0.4) is 0 Å². The average molecular weight is 362 g/mol. The molecule has 0 aromatic heterocycles. The minimum Gasteiger partial charge on any atom is -0.483 e. The van der Waals surface area contributed by atoms with Gasteiger partial charge in [-0.3, -0.25) is 14.5 Å². The third kappa shape index (κ3) is 5.73. The first-order valence-corrected chi connectivity index (χ1v) is 9.27. The van der Waals surface area contributed by atoms with Crippen LogP contribution in [0.25, 0.3) is 0 Å². The number of hydrogen-bond donors (Lipinski definition) is 0. The molecule has 0 spiro atoms. The Bertz CT molecular complexity index is 622. The molecule has 1 aliphatic heterocycles. The van der Waals surface area contributed by atoms with Gasteiger partial charge in [-0.25, -0.2) is 0 Å². The van der Waals surface area contributed by atoms with Crippen molar-refractivity contribution in [3.63, 3.8) is 0 Å². The van der Waals surface area contributed by atoms with Gasteiger partial charge in [0.2, 0.25) is 0 Å². The topological polar surface area (TPSA) is 59.1 Å². The minimum atomic E-state index is -0.207. The summed E-state index contributed by atoms with van der Waals surface area (Å²) in [6.07, 6.45) is 0.841. The molecular weight excluding hydrogens is 332 g/mol. The number of amides is 1. The minimum absolute atomic E-state index is 0.0117. The number of hydrogen-bond acceptors (Lipinski definition) is 5. The van der Waals surface area contributed by atoms with E-state index in [4.69, 9.17) is 9.47 Å². The number of aryl methyl sites for hydroxylation is 3. The highest BCUT2D eigenvalue weighted by Gasteiger charge is 2.21. The summed E-state index contributed by atoms with van der Waals surface area (Å²) in [5.41, 5.74) is 3.28. The van der Waals surface area contributed by atoms with Gasteiger partial charge >= 0.3 is 5.97 Å². The molecule has 0 atom stereocenters. The summed E-state index contributed by atoms with van der Waals surface area (Å²) in [4.78, 5) is 28.0. The maximum atomic E-state index is 12.5. The second-order valence-corrected chi connectivity index (χ2v) is 6.83. The number of rotatable bonds is 6. The van der Waals surface area contributed by atoms with Gasteiger partial charge in [-0.1, -0.05) is 17.7 Å². The van der Waals surface area contributed by atoms with Crippen LogP contribution in [-0.4, -0.2) is 67.6 Å². The predicted octanol–water partition coefficient (Wildman–Crippen LogP) is 2.09. The summed E-state index contributed by atoms with van der Waals surface area (Å²) in [5, 5.41) is 0. The maximum absolute atomic E-state index is 12.5. The summed E-state index contributed by atoms with van der Waals surface area (Å²) in [6, 6.07) is 4.12. The summed E-state index contributed by atoms with van der Waals surface area (Å²) in [6.45, 7) is 11.3. The van der Waals surface area contributed by atoms with Gasteiger partial charge in [0.15, 0.2) is 6.61 Å². The van der Waals surface area contributed by atoms with E-state index in [9.17, 15) is 9.59 Å². The normalized spacial score (nSPS) is 15.5. The molecule has 1 saturated heterocycles. The molecule has 0 bridgehead atoms. The van der Waals surface area contributed by atoms with Crippen molar-refractivity contribution in [2.24, 2.45) is 0 Å². The Hall–Kier alpha value is -2.08. The van der Waals surface area contributed by atoms with Crippen LogP contribution in [0.5, 0.6) is 5.75 Å². The Morgan fingerprint density at radius 2 is 1.73 bits per heavy atom. The molecule has 26 heavy (non-hydrogen) atoms. The summed E-state index contributed by atoms with van der Waals surface area (Å²) in [7, 11) is 0. The molecule has 0 unspecified atom stereocenters. The zero-order chi connectivity index (χ0) is 19.1. The highest BCUT2D eigenvalue weighted by Crippen LogP contribution is 2.24. The van der Waals surface area contributed by atoms with Crippen molar-refractivity contribution < 1.29 is 19.1 Å². The van der Waals surface area contributed by atoms with Crippen molar-refractivity contribution in [1.82, 2.24) is 9.80 Å². The van der Waals surface area contributed by atoms with Gasteiger partial charge in [0.25, 0.3) is 5.91 Å². The molecule has 2 rings (SSSR count). The molecule has 144 valence electrons. The lowest BCUT2D eigenvalue weighted by molar-refractivity contribution is -0.144. The van der Waals surface area contributed by atoms with Crippen molar-refractivity contribution in [3.05, 3.63) is 28.8 Å². The highest BCUT2D eigenvalue weighted by atomic mass is 16.5. The molecule has 1 amide bonds. The Kier molecular flexibility index (Phi) is 7.45. The maximum Gasteiger partial charge on any atom is 0.320 e. The molecule has 1 aliphatic rings. The van der Waals surface area contributed by atoms with Crippen LogP contribution in [0.4, 0.5) is 0 Å². The highest BCUT2D eigenvalue weighted by molar-refractivity contribution is 5.78. The first-order valence-electron chi connectivity index (χ1n) is 9.27. The van der Waals surface area contributed by atoms with Crippen LogP contribution in [0.2, 0.25) is 0 Å². The smallest absolute Gasteiger partial charge is 0.320 e. The Morgan fingerprint density at radius 3 is 2.38 bits per heavy atom. The quantitative estimate of drug-likeness (QED) is 0.725. The first-order chi connectivity index (χ1) is 12.4. The van der Waals surface area contributed by atoms with Gasteiger partial charge in [0, 0.05) is 26.2 Å². The van der Waals surface area contributed by atoms with E-state index in [1.807, 2.05) is 30.6 Å². The summed E-state index contributed by atoms with van der Waals surface area (Å²) >= 11 is 0. The fourth-order valence-electron chi connectivity index (χ4n) is 3.39. The Labute approximate surface area is 156 Å². The zero-order valence-electron chi connectivity index (χ0n) is 16.3. The summed E-state index contributed by atoms with van der Waals surface area (Å²) in [5.74, 6) is 0.575. The predicted molar refractivity (Wildman–Crippen MR) is 100 cm³/mol. The molecule has 1 heterocycles. The summed E-state index contributed by atoms with van der Waals surface area (Å²) < 4.78 is 10.8. The van der Waals surface area contributed by atoms with Crippen molar-refractivity contribution in [1.29, 1.82) is 0 Å². The molecule has 6 nitrogen and oxygen atoms in total. The zero-order valence-corrected chi connectivity index (χ0v) is 16.3. The molecule has 1 aromatic carbocycles. The number of benzene rings is 1. The van der Waals surface area contributed by atoms with E-state index >= 15 is 0 Å². The molecule has 0 N–H and O–H groups in total. The van der Waals surface area contributed by atoms with Gasteiger partial charge in [-0.05, 0) is 45.2 Å². The third-order valence-electron chi connectivity index (χ3n) is 4.54. The molecule has 0 radical (unpaired) electrons. The van der Waals surface area contributed by atoms with Crippen molar-refractivity contribution >= 4 is 11.9 Å². The van der Waals surface area contributed by atoms with E-state index in [0.717, 1.165) is 29.8 Å². The molecule has 1 fully saturated rings. The number of carbonyl (C=O) groups excluding carboxylic acids is 2. The van der Waals surface area contributed by atoms with Gasteiger partial charge in [0.05, 0.1) is 13.2 Å². The Morgan fingerprint density at radius 1 is 1.04 bits per heavy atom. The van der Waals surface area contributed by atoms with Gasteiger partial charge in [-0.15, -0.1) is 0 Å². The second-order valence-electron chi connectivity index (χ2n) is 6.83. The Balaban J connectivity index is 1.86. The van der Waals surface area contributed by atoms with Crippen LogP contribution >= 0.6 is 0 Å². The SMILES string of the molecule is CCOC(=O)CN1CCCN(C(=O)COc2c(C)cc(C)cc2C)CC1. The van der Waals surface area contributed by atoms with Crippen molar-refractivity contribution in [3.8, 4) is 5.75 Å². The van der Waals surface area contributed by atoms with Crippen LogP contribution in [0.15, 0.2) is 12.1 Å². The monoisotopic (exact) mass is 362 g/mol. The second kappa shape index (κ2) is 9.57. The van der Waals surface area contributed by atoms with Crippen molar-refractivity contribution in [2.45, 2.75) is 34.1 Å². The van der Waals surface area contributed by atoms with Crippen LogP contribution < -0.4 is 4.74 Å². The number of nitrogens with zero attached hydrogens (tertiary/aromatic N) is 2. The molecule has 0 saturated carbocycles. The van der Waals surface area contributed by atoms with E-state index in [1.165, 1.54) is 5.56 Å². The number of ether oxygens (including phenoxy) is 2. The lowest BCUT2D eigenvalue weighted by Crippen LogP contribution is -2.39. The van der Waals surface area contributed by atoms with Crippen LogP contribution in [0, 0.1) is 20.8 Å². The van der Waals surface area contributed by atoms with Gasteiger partial charge in [-0.2, -0.15) is 0 Å². The van der Waals surface area contributed by atoms with E-state index in [0.29, 0.717) is 26.2 Å². The largest absolute Gasteiger partial charge is 0.483 e. The fraction of sp³-hybridized carbons (Fsp3) is 0.600. The molecular formula is C20H30N2O4. The van der Waals surface area contributed by atoms with E-state index in [2.05, 4.69) is 12.1 Å². The lowest BCUT2D eigenvalue weighted by atomic mass is 10.1. The van der Waals surface area contributed by atoms with Crippen molar-refractivity contribution in [2.75, 3.05) is 45.9 Å². The van der Waals surface area contributed by atoms with E-state index < -0.39 is 0 Å². The van der Waals surface area contributed by atoms with Gasteiger partial charge in [0.1, 0.15) is 5.75 Å². The molecule has 6 heteroatoms. The van der Waals surface area contributed by atoms with Crippen LogP contribution in [-0.2, 0) is 14.3 Å². The van der Waals surface area contributed by atoms with Gasteiger partial charge < -0.3 is 14.4 Å². The van der Waals surface area contributed by atoms with Crippen LogP contribution in [0.1, 0.15) is 30.0 Å². The average Bonchev–Trinajstić information content (AvgIpc) is 2.79. The lowest BCUT2D eigenvalue weighted by Gasteiger charge is -2.22. The van der Waals surface area contributed by atoms with E-state index in [-0.39, 0.29) is 25.0 Å². The standard InChI is InChI=1S/C20H30N2O4/c1-5-25-19(24)13-21-7-6-8-22(10-9-21)18(23)14-26-20-16(3)11-15(2)12-17(20)4/h11-12H,5-10,13-14H2,1-4H3. The van der Waals surface area contributed by atoms with E-state index in [1.54, 1.807) is 6.92 Å². The molecule has 0 aliphatic carbocycles. The molecule has 1 aromatic rings. The fourth-order valence-corrected chi connectivity index (χ4v) is 3.39. The number of carbonyl (C=O) groups is 2. The number of esters is 1.